The molecule has 3 rings (SSSR count). The first-order chi connectivity index (χ1) is 7.83. The largest absolute Gasteiger partial charge is 0.378 e. The number of benzene rings is 1. The molecule has 0 bridgehead atoms. The molecule has 0 radical (unpaired) electrons. The van der Waals surface area contributed by atoms with Gasteiger partial charge in [0.15, 0.2) is 0 Å². The highest BCUT2D eigenvalue weighted by Crippen LogP contribution is 2.27. The molecule has 2 heterocycles. The molecule has 16 heavy (non-hydrogen) atoms. The van der Waals surface area contributed by atoms with Crippen LogP contribution in [0, 0.1) is 6.92 Å². The predicted octanol–water partition coefficient (Wildman–Crippen LogP) is 2.44. The summed E-state index contributed by atoms with van der Waals surface area (Å²) in [5, 5.41) is 1.13. The number of thiazole rings is 1. The van der Waals surface area contributed by atoms with Crippen molar-refractivity contribution in [2.24, 2.45) is 0 Å². The number of hydrogen-bond acceptors (Lipinski definition) is 4. The first-order valence-corrected chi connectivity index (χ1v) is 6.34. The number of anilines is 1. The fourth-order valence-corrected chi connectivity index (χ4v) is 2.91. The molecule has 1 saturated heterocycles. The van der Waals surface area contributed by atoms with E-state index in [0.29, 0.717) is 0 Å². The van der Waals surface area contributed by atoms with Gasteiger partial charge in [0.25, 0.3) is 0 Å². The molecule has 0 N–H and O–H groups in total. The second kappa shape index (κ2) is 4.03. The number of aromatic nitrogens is 1. The summed E-state index contributed by atoms with van der Waals surface area (Å²) in [5.74, 6) is 0. The Hall–Kier alpha value is -1.13. The van der Waals surface area contributed by atoms with E-state index in [9.17, 15) is 0 Å². The van der Waals surface area contributed by atoms with Crippen molar-refractivity contribution in [2.45, 2.75) is 6.92 Å². The minimum absolute atomic E-state index is 0.833. The quantitative estimate of drug-likeness (QED) is 0.758. The molecule has 1 aliphatic rings. The van der Waals surface area contributed by atoms with E-state index in [1.165, 1.54) is 10.4 Å². The van der Waals surface area contributed by atoms with Crippen LogP contribution in [0.5, 0.6) is 0 Å². The summed E-state index contributed by atoms with van der Waals surface area (Å²) in [4.78, 5) is 6.85. The van der Waals surface area contributed by atoms with Crippen LogP contribution in [0.4, 0.5) is 5.69 Å². The van der Waals surface area contributed by atoms with Crippen molar-refractivity contribution in [2.75, 3.05) is 31.2 Å². The highest BCUT2D eigenvalue weighted by molar-refractivity contribution is 7.18. The van der Waals surface area contributed by atoms with E-state index in [1.54, 1.807) is 11.3 Å². The summed E-state index contributed by atoms with van der Waals surface area (Å²) >= 11 is 1.76. The SMILES string of the molecule is Cc1nc2ccc(N3CCOCC3)cc2s1. The standard InChI is InChI=1S/C12H14N2OS/c1-9-13-11-3-2-10(8-12(11)16-9)14-4-6-15-7-5-14/h2-3,8H,4-7H2,1H3. The van der Waals surface area contributed by atoms with Gasteiger partial charge in [-0.05, 0) is 25.1 Å². The molecule has 4 heteroatoms. The summed E-state index contributed by atoms with van der Waals surface area (Å²) in [7, 11) is 0. The predicted molar refractivity (Wildman–Crippen MR) is 67.4 cm³/mol. The molecule has 0 amide bonds. The molecule has 3 nitrogen and oxygen atoms in total. The molecule has 0 saturated carbocycles. The molecule has 84 valence electrons. The zero-order valence-corrected chi connectivity index (χ0v) is 10.1. The number of hydrogen-bond donors (Lipinski definition) is 0. The molecule has 2 aromatic rings. The van der Waals surface area contributed by atoms with Gasteiger partial charge < -0.3 is 9.64 Å². The van der Waals surface area contributed by atoms with Gasteiger partial charge >= 0.3 is 0 Å². The second-order valence-corrected chi connectivity index (χ2v) is 5.22. The van der Waals surface area contributed by atoms with Crippen molar-refractivity contribution in [3.63, 3.8) is 0 Å². The third-order valence-electron chi connectivity index (χ3n) is 2.86. The summed E-state index contributed by atoms with van der Waals surface area (Å²) in [6.45, 7) is 5.70. The van der Waals surface area contributed by atoms with E-state index in [0.717, 1.165) is 36.8 Å². The van der Waals surface area contributed by atoms with Crippen molar-refractivity contribution in [3.05, 3.63) is 23.2 Å². The van der Waals surface area contributed by atoms with Gasteiger partial charge in [0.2, 0.25) is 0 Å². The maximum atomic E-state index is 5.36. The van der Waals surface area contributed by atoms with Crippen molar-refractivity contribution in [3.8, 4) is 0 Å². The number of fused-ring (bicyclic) bond motifs is 1. The van der Waals surface area contributed by atoms with E-state index >= 15 is 0 Å². The normalized spacial score (nSPS) is 16.9. The van der Waals surface area contributed by atoms with Gasteiger partial charge in [-0.15, -0.1) is 11.3 Å². The average Bonchev–Trinajstić information content (AvgIpc) is 2.69. The van der Waals surface area contributed by atoms with Crippen molar-refractivity contribution < 1.29 is 4.74 Å². The molecule has 1 aromatic heterocycles. The molecule has 0 atom stereocenters. The fraction of sp³-hybridized carbons (Fsp3) is 0.417. The van der Waals surface area contributed by atoms with Crippen molar-refractivity contribution in [1.29, 1.82) is 0 Å². The van der Waals surface area contributed by atoms with Gasteiger partial charge in [0.1, 0.15) is 0 Å². The van der Waals surface area contributed by atoms with E-state index < -0.39 is 0 Å². The van der Waals surface area contributed by atoms with Crippen LogP contribution in [0.15, 0.2) is 18.2 Å². The topological polar surface area (TPSA) is 25.4 Å². The fourth-order valence-electron chi connectivity index (χ4n) is 2.05. The zero-order valence-electron chi connectivity index (χ0n) is 9.27. The minimum Gasteiger partial charge on any atom is -0.378 e. The second-order valence-electron chi connectivity index (χ2n) is 3.98. The maximum absolute atomic E-state index is 5.36. The van der Waals surface area contributed by atoms with E-state index in [4.69, 9.17) is 4.74 Å². The van der Waals surface area contributed by atoms with Crippen molar-refractivity contribution in [1.82, 2.24) is 4.98 Å². The molecule has 1 aromatic carbocycles. The molecular formula is C12H14N2OS. The Balaban J connectivity index is 1.97. The van der Waals surface area contributed by atoms with Crippen molar-refractivity contribution >= 4 is 27.2 Å². The smallest absolute Gasteiger partial charge is 0.0907 e. The Bertz CT molecular complexity index is 503. The van der Waals surface area contributed by atoms with Gasteiger partial charge in [-0.1, -0.05) is 0 Å². The van der Waals surface area contributed by atoms with Gasteiger partial charge in [0.05, 0.1) is 28.4 Å². The number of morpholine rings is 1. The number of nitrogens with zero attached hydrogens (tertiary/aromatic N) is 2. The van der Waals surface area contributed by atoms with Crippen LogP contribution in [0.25, 0.3) is 10.2 Å². The Morgan fingerprint density at radius 1 is 1.31 bits per heavy atom. The number of rotatable bonds is 1. The van der Waals surface area contributed by atoms with Crippen LogP contribution < -0.4 is 4.90 Å². The zero-order chi connectivity index (χ0) is 11.0. The Labute approximate surface area is 98.7 Å². The Morgan fingerprint density at radius 2 is 2.12 bits per heavy atom. The molecule has 1 fully saturated rings. The van der Waals surface area contributed by atoms with Crippen LogP contribution in [0.1, 0.15) is 5.01 Å². The highest BCUT2D eigenvalue weighted by Gasteiger charge is 2.12. The van der Waals surface area contributed by atoms with Gasteiger partial charge in [-0.3, -0.25) is 0 Å². The maximum Gasteiger partial charge on any atom is 0.0907 e. The lowest BCUT2D eigenvalue weighted by molar-refractivity contribution is 0.122. The molecular weight excluding hydrogens is 220 g/mol. The van der Waals surface area contributed by atoms with E-state index in [2.05, 4.69) is 35.0 Å². The lowest BCUT2D eigenvalue weighted by Gasteiger charge is -2.28. The Morgan fingerprint density at radius 3 is 2.94 bits per heavy atom. The third kappa shape index (κ3) is 1.79. The lowest BCUT2D eigenvalue weighted by Crippen LogP contribution is -2.36. The summed E-state index contributed by atoms with van der Waals surface area (Å²) in [6, 6.07) is 6.52. The number of ether oxygens (including phenoxy) is 1. The summed E-state index contributed by atoms with van der Waals surface area (Å²) in [6.07, 6.45) is 0. The summed E-state index contributed by atoms with van der Waals surface area (Å²) in [5.41, 5.74) is 2.40. The lowest BCUT2D eigenvalue weighted by atomic mass is 10.2. The Kier molecular flexibility index (Phi) is 2.53. The van der Waals surface area contributed by atoms with Gasteiger partial charge in [-0.2, -0.15) is 0 Å². The first kappa shape index (κ1) is 10.1. The average molecular weight is 234 g/mol. The molecule has 0 unspecified atom stereocenters. The van der Waals surface area contributed by atoms with Crippen LogP contribution >= 0.6 is 11.3 Å². The first-order valence-electron chi connectivity index (χ1n) is 5.53. The van der Waals surface area contributed by atoms with Crippen LogP contribution in [-0.2, 0) is 4.74 Å². The van der Waals surface area contributed by atoms with Crippen LogP contribution in [-0.4, -0.2) is 31.3 Å². The van der Waals surface area contributed by atoms with Crippen LogP contribution in [0.2, 0.25) is 0 Å². The van der Waals surface area contributed by atoms with E-state index in [1.807, 2.05) is 0 Å². The van der Waals surface area contributed by atoms with Gasteiger partial charge in [0, 0.05) is 18.8 Å². The highest BCUT2D eigenvalue weighted by atomic mass is 32.1. The van der Waals surface area contributed by atoms with E-state index in [-0.39, 0.29) is 0 Å². The monoisotopic (exact) mass is 234 g/mol. The van der Waals surface area contributed by atoms with Crippen LogP contribution in [0.3, 0.4) is 0 Å². The summed E-state index contributed by atoms with van der Waals surface area (Å²) < 4.78 is 6.64. The molecule has 0 spiro atoms. The third-order valence-corrected chi connectivity index (χ3v) is 3.79. The molecule has 0 aliphatic carbocycles. The number of aryl methyl sites for hydroxylation is 1. The molecule has 1 aliphatic heterocycles. The minimum atomic E-state index is 0.833. The van der Waals surface area contributed by atoms with Gasteiger partial charge in [-0.25, -0.2) is 4.98 Å².